The van der Waals surface area contributed by atoms with Gasteiger partial charge in [-0.2, -0.15) is 0 Å². The Labute approximate surface area is 83.9 Å². The van der Waals surface area contributed by atoms with Crippen molar-refractivity contribution in [1.29, 1.82) is 0 Å². The van der Waals surface area contributed by atoms with Crippen molar-refractivity contribution in [2.24, 2.45) is 0 Å². The Morgan fingerprint density at radius 3 is 2.36 bits per heavy atom. The van der Waals surface area contributed by atoms with Crippen LogP contribution in [0.5, 0.6) is 0 Å². The topological polar surface area (TPSA) is 57.2 Å². The van der Waals surface area contributed by atoms with Crippen LogP contribution in [0.25, 0.3) is 0 Å². The second kappa shape index (κ2) is 5.63. The normalized spacial score (nSPS) is 38.6. The molecule has 0 aromatic rings. The van der Waals surface area contributed by atoms with Crippen LogP contribution in [0.15, 0.2) is 0 Å². The summed E-state index contributed by atoms with van der Waals surface area (Å²) >= 11 is 0. The summed E-state index contributed by atoms with van der Waals surface area (Å²) in [5.41, 5.74) is 0. The number of aliphatic hydroxyl groups is 1. The first kappa shape index (κ1) is 11.9. The molecule has 0 aromatic carbocycles. The number of rotatable bonds is 4. The van der Waals surface area contributed by atoms with Gasteiger partial charge in [-0.3, -0.25) is 0 Å². The van der Waals surface area contributed by atoms with Gasteiger partial charge in [0.1, 0.15) is 12.2 Å². The molecule has 1 rings (SSSR count). The third-order valence-electron chi connectivity index (χ3n) is 2.45. The molecule has 1 aliphatic rings. The van der Waals surface area contributed by atoms with Crippen molar-refractivity contribution in [3.8, 4) is 0 Å². The van der Waals surface area contributed by atoms with Crippen LogP contribution in [0, 0.1) is 0 Å². The highest BCUT2D eigenvalue weighted by Gasteiger charge is 2.37. The first-order valence-corrected chi connectivity index (χ1v) is 4.61. The maximum atomic E-state index is 9.52. The Morgan fingerprint density at radius 2 is 1.86 bits per heavy atom. The van der Waals surface area contributed by atoms with Crippen LogP contribution >= 0.6 is 0 Å². The average molecular weight is 206 g/mol. The number of aliphatic hydroxyl groups excluding tert-OH is 1. The van der Waals surface area contributed by atoms with E-state index in [1.807, 2.05) is 0 Å². The molecule has 4 unspecified atom stereocenters. The summed E-state index contributed by atoms with van der Waals surface area (Å²) in [6.45, 7) is 0.409. The monoisotopic (exact) mass is 206 g/mol. The molecule has 1 N–H and O–H groups in total. The van der Waals surface area contributed by atoms with Crippen LogP contribution in [-0.4, -0.2) is 57.6 Å². The van der Waals surface area contributed by atoms with Gasteiger partial charge >= 0.3 is 0 Å². The van der Waals surface area contributed by atoms with Gasteiger partial charge in [-0.25, -0.2) is 0 Å². The number of hydrogen-bond donors (Lipinski definition) is 1. The zero-order chi connectivity index (χ0) is 10.6. The Kier molecular flexibility index (Phi) is 4.77. The quantitative estimate of drug-likeness (QED) is 0.688. The van der Waals surface area contributed by atoms with E-state index in [0.717, 1.165) is 0 Å². The Morgan fingerprint density at radius 1 is 1.21 bits per heavy atom. The standard InChI is InChI=1S/C9H18O5/c1-11-5-8-6(12-2)4-7(13-3)9(10)14-8/h6-10H,4-5H2,1-3H3. The van der Waals surface area contributed by atoms with Crippen LogP contribution in [-0.2, 0) is 18.9 Å². The van der Waals surface area contributed by atoms with E-state index in [1.165, 1.54) is 0 Å². The fourth-order valence-electron chi connectivity index (χ4n) is 1.62. The summed E-state index contributed by atoms with van der Waals surface area (Å²) < 4.78 is 20.6. The molecule has 84 valence electrons. The molecule has 1 heterocycles. The molecule has 0 aromatic heterocycles. The van der Waals surface area contributed by atoms with E-state index >= 15 is 0 Å². The van der Waals surface area contributed by atoms with Gasteiger partial charge in [0, 0.05) is 27.8 Å². The van der Waals surface area contributed by atoms with E-state index < -0.39 is 6.29 Å². The summed E-state index contributed by atoms with van der Waals surface area (Å²) in [5.74, 6) is 0. The third kappa shape index (κ3) is 2.65. The smallest absolute Gasteiger partial charge is 0.181 e. The van der Waals surface area contributed by atoms with Crippen LogP contribution in [0.3, 0.4) is 0 Å². The van der Waals surface area contributed by atoms with E-state index in [2.05, 4.69) is 0 Å². The van der Waals surface area contributed by atoms with Gasteiger partial charge < -0.3 is 24.1 Å². The summed E-state index contributed by atoms with van der Waals surface area (Å²) in [7, 11) is 4.74. The van der Waals surface area contributed by atoms with Gasteiger partial charge in [-0.15, -0.1) is 0 Å². The minimum Gasteiger partial charge on any atom is -0.382 e. The molecule has 0 spiro atoms. The van der Waals surface area contributed by atoms with Gasteiger partial charge in [0.2, 0.25) is 0 Å². The van der Waals surface area contributed by atoms with E-state index in [-0.39, 0.29) is 18.3 Å². The van der Waals surface area contributed by atoms with Crippen molar-refractivity contribution in [2.45, 2.75) is 31.0 Å². The summed E-state index contributed by atoms with van der Waals surface area (Å²) in [5, 5.41) is 9.52. The first-order valence-electron chi connectivity index (χ1n) is 4.61. The highest BCUT2D eigenvalue weighted by Crippen LogP contribution is 2.23. The van der Waals surface area contributed by atoms with Crippen LogP contribution in [0.4, 0.5) is 0 Å². The van der Waals surface area contributed by atoms with Gasteiger partial charge in [0.05, 0.1) is 12.7 Å². The van der Waals surface area contributed by atoms with Gasteiger partial charge in [0.25, 0.3) is 0 Å². The first-order chi connectivity index (χ1) is 6.72. The lowest BCUT2D eigenvalue weighted by Crippen LogP contribution is -2.50. The van der Waals surface area contributed by atoms with Gasteiger partial charge in [-0.1, -0.05) is 0 Å². The second-order valence-electron chi connectivity index (χ2n) is 3.30. The average Bonchev–Trinajstić information content (AvgIpc) is 2.19. The van der Waals surface area contributed by atoms with Crippen molar-refractivity contribution in [1.82, 2.24) is 0 Å². The van der Waals surface area contributed by atoms with Crippen molar-refractivity contribution >= 4 is 0 Å². The molecular weight excluding hydrogens is 188 g/mol. The van der Waals surface area contributed by atoms with Crippen molar-refractivity contribution < 1.29 is 24.1 Å². The number of hydrogen-bond acceptors (Lipinski definition) is 5. The summed E-state index contributed by atoms with van der Waals surface area (Å²) in [4.78, 5) is 0. The predicted molar refractivity (Wildman–Crippen MR) is 49.0 cm³/mol. The SMILES string of the molecule is COCC1OC(O)C(OC)CC1OC. The van der Waals surface area contributed by atoms with Gasteiger partial charge in [-0.05, 0) is 0 Å². The summed E-state index contributed by atoms with van der Waals surface area (Å²) in [6, 6.07) is 0. The van der Waals surface area contributed by atoms with Crippen LogP contribution < -0.4 is 0 Å². The number of methoxy groups -OCH3 is 3. The molecule has 0 aliphatic carbocycles. The molecule has 1 saturated heterocycles. The van der Waals surface area contributed by atoms with E-state index in [4.69, 9.17) is 18.9 Å². The molecule has 0 saturated carbocycles. The lowest BCUT2D eigenvalue weighted by Gasteiger charge is -2.37. The van der Waals surface area contributed by atoms with Crippen LogP contribution in [0.2, 0.25) is 0 Å². The Bertz CT molecular complexity index is 163. The fraction of sp³-hybridized carbons (Fsp3) is 1.00. The molecular formula is C9H18O5. The van der Waals surface area contributed by atoms with E-state index in [1.54, 1.807) is 21.3 Å². The molecule has 5 nitrogen and oxygen atoms in total. The second-order valence-corrected chi connectivity index (χ2v) is 3.30. The molecule has 1 fully saturated rings. The molecule has 5 heteroatoms. The minimum absolute atomic E-state index is 0.0942. The zero-order valence-corrected chi connectivity index (χ0v) is 8.80. The molecule has 4 atom stereocenters. The maximum absolute atomic E-state index is 9.52. The fourth-order valence-corrected chi connectivity index (χ4v) is 1.62. The molecule has 0 radical (unpaired) electrons. The molecule has 14 heavy (non-hydrogen) atoms. The van der Waals surface area contributed by atoms with E-state index in [9.17, 15) is 5.11 Å². The minimum atomic E-state index is -0.897. The zero-order valence-electron chi connectivity index (χ0n) is 8.80. The Balaban J connectivity index is 2.53. The Hall–Kier alpha value is -0.200. The third-order valence-corrected chi connectivity index (χ3v) is 2.45. The van der Waals surface area contributed by atoms with Crippen molar-refractivity contribution in [3.63, 3.8) is 0 Å². The maximum Gasteiger partial charge on any atom is 0.181 e. The summed E-state index contributed by atoms with van der Waals surface area (Å²) in [6.07, 6.45) is -0.934. The van der Waals surface area contributed by atoms with Crippen LogP contribution in [0.1, 0.15) is 6.42 Å². The van der Waals surface area contributed by atoms with Crippen molar-refractivity contribution in [3.05, 3.63) is 0 Å². The predicted octanol–water partition coefficient (Wildman–Crippen LogP) is -0.230. The highest BCUT2D eigenvalue weighted by molar-refractivity contribution is 4.82. The van der Waals surface area contributed by atoms with Crippen molar-refractivity contribution in [2.75, 3.05) is 27.9 Å². The highest BCUT2D eigenvalue weighted by atomic mass is 16.7. The largest absolute Gasteiger partial charge is 0.382 e. The molecule has 0 amide bonds. The molecule has 1 aliphatic heterocycles. The lowest BCUT2D eigenvalue weighted by molar-refractivity contribution is -0.261. The van der Waals surface area contributed by atoms with E-state index in [0.29, 0.717) is 13.0 Å². The molecule has 0 bridgehead atoms. The lowest BCUT2D eigenvalue weighted by atomic mass is 10.0. The number of ether oxygens (including phenoxy) is 4. The van der Waals surface area contributed by atoms with Gasteiger partial charge in [0.15, 0.2) is 6.29 Å².